The van der Waals surface area contributed by atoms with E-state index in [-0.39, 0.29) is 13.2 Å². The molecule has 2 rings (SSSR count). The van der Waals surface area contributed by atoms with Gasteiger partial charge in [0.25, 0.3) is 0 Å². The molecule has 2 atom stereocenters. The number of rotatable bonds is 8. The quantitative estimate of drug-likeness (QED) is 0.303. The lowest BCUT2D eigenvalue weighted by atomic mass is 10.3. The Balaban J connectivity index is 0. The average molecular weight is 579 g/mol. The van der Waals surface area contributed by atoms with Gasteiger partial charge in [-0.3, -0.25) is 9.59 Å². The Morgan fingerprint density at radius 3 is 1.11 bits per heavy atom. The minimum absolute atomic E-state index is 0.298. The van der Waals surface area contributed by atoms with E-state index in [1.807, 2.05) is 0 Å². The fraction of sp³-hybridized carbons (Fsp3) is 0.417. The van der Waals surface area contributed by atoms with Crippen molar-refractivity contribution in [2.75, 3.05) is 38.9 Å². The van der Waals surface area contributed by atoms with Gasteiger partial charge in [-0.25, -0.2) is 16.8 Å². The van der Waals surface area contributed by atoms with Crippen LogP contribution in [0, 0.1) is 0 Å². The van der Waals surface area contributed by atoms with Gasteiger partial charge in [-0.2, -0.15) is 0 Å². The Labute approximate surface area is 224 Å². The van der Waals surface area contributed by atoms with Crippen molar-refractivity contribution in [1.82, 2.24) is 0 Å². The molecule has 0 saturated carbocycles. The Morgan fingerprint density at radius 2 is 0.947 bits per heavy atom. The molecule has 0 spiro atoms. The Bertz CT molecular complexity index is 1040. The summed E-state index contributed by atoms with van der Waals surface area (Å²) in [7, 11) is -6.01. The van der Waals surface area contributed by atoms with E-state index in [1.165, 1.54) is 12.5 Å². The number of hydrogen-bond donors (Lipinski definition) is 4. The van der Waals surface area contributed by atoms with Crippen LogP contribution in [0.1, 0.15) is 13.8 Å². The van der Waals surface area contributed by atoms with Crippen molar-refractivity contribution in [2.24, 2.45) is 11.5 Å². The molecule has 0 aromatic heterocycles. The molecule has 0 aliphatic carbocycles. The van der Waals surface area contributed by atoms with Crippen molar-refractivity contribution in [3.05, 3.63) is 60.7 Å². The van der Waals surface area contributed by atoms with Crippen molar-refractivity contribution in [1.29, 1.82) is 0 Å². The maximum atomic E-state index is 10.8. The Morgan fingerprint density at radius 1 is 0.684 bits per heavy atom. The minimum atomic E-state index is -3.00. The van der Waals surface area contributed by atoms with Crippen LogP contribution in [-0.2, 0) is 38.7 Å². The van der Waals surface area contributed by atoms with E-state index < -0.39 is 43.7 Å². The molecular formula is C24H38N2O10S2. The zero-order chi connectivity index (χ0) is 29.8. The molecule has 0 heterocycles. The number of ether oxygens (including phenoxy) is 2. The van der Waals surface area contributed by atoms with Crippen LogP contribution >= 0.6 is 0 Å². The van der Waals surface area contributed by atoms with Gasteiger partial charge in [-0.15, -0.1) is 0 Å². The highest BCUT2D eigenvalue weighted by atomic mass is 32.2. The molecule has 0 aliphatic rings. The number of sulfone groups is 2. The van der Waals surface area contributed by atoms with Crippen molar-refractivity contribution in [2.45, 2.75) is 35.7 Å². The summed E-state index contributed by atoms with van der Waals surface area (Å²) in [6, 6.07) is 14.9. The molecule has 0 radical (unpaired) electrons. The molecule has 6 N–H and O–H groups in total. The molecule has 0 aliphatic heterocycles. The predicted octanol–water partition coefficient (Wildman–Crippen LogP) is -0.0816. The Hall–Kier alpha value is -2.88. The monoisotopic (exact) mass is 578 g/mol. The van der Waals surface area contributed by atoms with Crippen molar-refractivity contribution < 1.29 is 46.1 Å². The second kappa shape index (κ2) is 20.1. The number of carbonyl (C=O) groups excluding carboxylic acids is 2. The van der Waals surface area contributed by atoms with Gasteiger partial charge in [-0.1, -0.05) is 36.4 Å². The van der Waals surface area contributed by atoms with Crippen LogP contribution in [0.25, 0.3) is 0 Å². The normalized spacial score (nSPS) is 12.0. The minimum Gasteiger partial charge on any atom is -0.465 e. The summed E-state index contributed by atoms with van der Waals surface area (Å²) >= 11 is 0. The first-order valence-corrected chi connectivity index (χ1v) is 15.0. The van der Waals surface area contributed by atoms with E-state index >= 15 is 0 Å². The number of hydrogen-bond acceptors (Lipinski definition) is 12. The number of aliphatic hydroxyl groups is 2. The third-order valence-electron chi connectivity index (χ3n) is 3.91. The van der Waals surface area contributed by atoms with Crippen LogP contribution in [-0.4, -0.2) is 90.0 Å². The van der Waals surface area contributed by atoms with Crippen LogP contribution in [0.3, 0.4) is 0 Å². The molecular weight excluding hydrogens is 540 g/mol. The lowest BCUT2D eigenvalue weighted by Crippen LogP contribution is -2.35. The van der Waals surface area contributed by atoms with Crippen LogP contribution < -0.4 is 11.5 Å². The molecule has 12 nitrogen and oxygen atoms in total. The summed E-state index contributed by atoms with van der Waals surface area (Å²) in [6.07, 6.45) is 2.39. The fourth-order valence-electron chi connectivity index (χ4n) is 1.98. The Kier molecular flexibility index (Phi) is 19.7. The number of esters is 2. The summed E-state index contributed by atoms with van der Waals surface area (Å²) in [5, 5.41) is 16.6. The molecule has 0 fully saturated rings. The fourth-order valence-corrected chi connectivity index (χ4v) is 3.29. The SMILES string of the molecule is CCOC(=O)C(N)CO.CCOC(=O)C(N)CO.CS(=O)(=O)c1ccccc1.CS(=O)(=O)c1ccccc1. The maximum absolute atomic E-state index is 10.8. The molecule has 216 valence electrons. The standard InChI is InChI=1S/2C7H8O2S.2C5H11NO3/c2*1-10(8,9)7-5-3-2-4-6-7;2*1-2-9-5(8)4(6)3-7/h2*2-6H,1H3;2*4,7H,2-3,6H2,1H3. The predicted molar refractivity (Wildman–Crippen MR) is 142 cm³/mol. The molecule has 0 amide bonds. The van der Waals surface area contributed by atoms with Gasteiger partial charge in [-0.05, 0) is 38.1 Å². The molecule has 14 heteroatoms. The number of benzene rings is 2. The third-order valence-corrected chi connectivity index (χ3v) is 6.17. The molecule has 2 aromatic carbocycles. The molecule has 0 saturated heterocycles. The smallest absolute Gasteiger partial charge is 0.325 e. The van der Waals surface area contributed by atoms with Crippen LogP contribution in [0.15, 0.2) is 70.5 Å². The highest BCUT2D eigenvalue weighted by Gasteiger charge is 2.12. The van der Waals surface area contributed by atoms with Gasteiger partial charge in [0.05, 0.1) is 36.2 Å². The van der Waals surface area contributed by atoms with Crippen LogP contribution in [0.4, 0.5) is 0 Å². The lowest BCUT2D eigenvalue weighted by Gasteiger charge is -2.05. The number of carbonyl (C=O) groups is 2. The summed E-state index contributed by atoms with van der Waals surface area (Å²) in [4.78, 5) is 21.7. The zero-order valence-corrected chi connectivity index (χ0v) is 23.5. The lowest BCUT2D eigenvalue weighted by molar-refractivity contribution is -0.146. The topological polar surface area (TPSA) is 213 Å². The van der Waals surface area contributed by atoms with Gasteiger partial charge < -0.3 is 31.2 Å². The van der Waals surface area contributed by atoms with Crippen LogP contribution in [0.2, 0.25) is 0 Å². The first kappa shape index (κ1) is 37.3. The van der Waals surface area contributed by atoms with Gasteiger partial charge in [0.15, 0.2) is 19.7 Å². The van der Waals surface area contributed by atoms with Gasteiger partial charge in [0.2, 0.25) is 0 Å². The van der Waals surface area contributed by atoms with E-state index in [0.717, 1.165) is 0 Å². The highest BCUT2D eigenvalue weighted by molar-refractivity contribution is 7.91. The summed E-state index contributed by atoms with van der Waals surface area (Å²) < 4.78 is 52.3. The average Bonchev–Trinajstić information content (AvgIpc) is 2.89. The first-order valence-electron chi connectivity index (χ1n) is 11.2. The second-order valence-corrected chi connectivity index (χ2v) is 11.3. The second-order valence-electron chi connectivity index (χ2n) is 7.25. The van der Waals surface area contributed by atoms with E-state index in [0.29, 0.717) is 23.0 Å². The molecule has 2 aromatic rings. The number of aliphatic hydroxyl groups excluding tert-OH is 2. The largest absolute Gasteiger partial charge is 0.465 e. The van der Waals surface area contributed by atoms with Gasteiger partial charge >= 0.3 is 11.9 Å². The van der Waals surface area contributed by atoms with E-state index in [9.17, 15) is 26.4 Å². The highest BCUT2D eigenvalue weighted by Crippen LogP contribution is 2.06. The zero-order valence-electron chi connectivity index (χ0n) is 21.9. The summed E-state index contributed by atoms with van der Waals surface area (Å²) in [5.41, 5.74) is 10.2. The van der Waals surface area contributed by atoms with Crippen LogP contribution in [0.5, 0.6) is 0 Å². The van der Waals surface area contributed by atoms with Gasteiger partial charge in [0, 0.05) is 12.5 Å². The van der Waals surface area contributed by atoms with Crippen molar-refractivity contribution >= 4 is 31.6 Å². The first-order chi connectivity index (χ1) is 17.6. The molecule has 0 bridgehead atoms. The van der Waals surface area contributed by atoms with Gasteiger partial charge in [0.1, 0.15) is 12.1 Å². The molecule has 38 heavy (non-hydrogen) atoms. The van der Waals surface area contributed by atoms with E-state index in [1.54, 1.807) is 74.5 Å². The summed E-state index contributed by atoms with van der Waals surface area (Å²) in [6.45, 7) is 3.24. The number of nitrogens with two attached hydrogens (primary N) is 2. The van der Waals surface area contributed by atoms with Crippen molar-refractivity contribution in [3.8, 4) is 0 Å². The van der Waals surface area contributed by atoms with E-state index in [4.69, 9.17) is 21.7 Å². The third kappa shape index (κ3) is 18.4. The molecule has 2 unspecified atom stereocenters. The van der Waals surface area contributed by atoms with Crippen molar-refractivity contribution in [3.63, 3.8) is 0 Å². The maximum Gasteiger partial charge on any atom is 0.325 e. The summed E-state index contributed by atoms with van der Waals surface area (Å²) in [5.74, 6) is -1.11. The van der Waals surface area contributed by atoms with E-state index in [2.05, 4.69) is 9.47 Å².